The first-order valence-corrected chi connectivity index (χ1v) is 12.8. The van der Waals surface area contributed by atoms with Gasteiger partial charge in [-0.1, -0.05) is 55.9 Å². The van der Waals surface area contributed by atoms with Crippen LogP contribution in [0.25, 0.3) is 0 Å². The van der Waals surface area contributed by atoms with Crippen LogP contribution in [0.4, 0.5) is 5.69 Å². The topological polar surface area (TPSA) is 90.3 Å². The number of nitrogens with one attached hydrogen (secondary N) is 1. The molecule has 0 aliphatic rings. The Kier molecular flexibility index (Phi) is 7.92. The number of hydrogen-bond acceptors (Lipinski definition) is 5. The molecule has 0 atom stereocenters. The van der Waals surface area contributed by atoms with Gasteiger partial charge < -0.3 is 5.32 Å². The van der Waals surface area contributed by atoms with Crippen molar-refractivity contribution < 1.29 is 13.2 Å². The summed E-state index contributed by atoms with van der Waals surface area (Å²) < 4.78 is 27.2. The Hall–Kier alpha value is -3.12. The molecule has 3 aromatic rings. The molecule has 0 saturated carbocycles. The molecule has 0 fully saturated rings. The standard InChI is InChI=1S/C25H25N3O3S2/c1-4-28(5-2)33(30,31)20-15-14-18(3)22(16-20)27-25(29)21-11-7-9-13-24(21)32-23-12-8-6-10-19(23)17-26/h6-16H,4-5H2,1-3H3,(H,27,29). The summed E-state index contributed by atoms with van der Waals surface area (Å²) in [6.45, 7) is 6.12. The SMILES string of the molecule is CCN(CC)S(=O)(=O)c1ccc(C)c(NC(=O)c2ccccc2Sc2ccccc2C#N)c1. The minimum Gasteiger partial charge on any atom is -0.322 e. The van der Waals surface area contributed by atoms with E-state index in [4.69, 9.17) is 0 Å². The lowest BCUT2D eigenvalue weighted by Crippen LogP contribution is -2.30. The lowest BCUT2D eigenvalue weighted by atomic mass is 10.1. The quantitative estimate of drug-likeness (QED) is 0.473. The molecule has 3 aromatic carbocycles. The van der Waals surface area contributed by atoms with E-state index in [1.807, 2.05) is 31.2 Å². The van der Waals surface area contributed by atoms with Crippen molar-refractivity contribution in [1.82, 2.24) is 4.31 Å². The monoisotopic (exact) mass is 479 g/mol. The molecule has 33 heavy (non-hydrogen) atoms. The number of nitriles is 1. The third-order valence-electron chi connectivity index (χ3n) is 5.16. The smallest absolute Gasteiger partial charge is 0.256 e. The van der Waals surface area contributed by atoms with Gasteiger partial charge in [-0.3, -0.25) is 4.79 Å². The van der Waals surface area contributed by atoms with Crippen LogP contribution in [-0.2, 0) is 10.0 Å². The molecule has 8 heteroatoms. The fraction of sp³-hybridized carbons (Fsp3) is 0.200. The van der Waals surface area contributed by atoms with Crippen molar-refractivity contribution in [3.8, 4) is 6.07 Å². The molecule has 170 valence electrons. The summed E-state index contributed by atoms with van der Waals surface area (Å²) in [7, 11) is -3.65. The van der Waals surface area contributed by atoms with Crippen LogP contribution in [0.5, 0.6) is 0 Å². The highest BCUT2D eigenvalue weighted by atomic mass is 32.2. The van der Waals surface area contributed by atoms with Crippen LogP contribution >= 0.6 is 11.8 Å². The Morgan fingerprint density at radius 2 is 1.64 bits per heavy atom. The largest absolute Gasteiger partial charge is 0.322 e. The molecule has 0 radical (unpaired) electrons. The van der Waals surface area contributed by atoms with Gasteiger partial charge in [0, 0.05) is 28.6 Å². The van der Waals surface area contributed by atoms with E-state index in [1.165, 1.54) is 22.1 Å². The average molecular weight is 480 g/mol. The van der Waals surface area contributed by atoms with E-state index in [2.05, 4.69) is 11.4 Å². The van der Waals surface area contributed by atoms with Crippen LogP contribution in [0.1, 0.15) is 35.3 Å². The van der Waals surface area contributed by atoms with Crippen LogP contribution in [-0.4, -0.2) is 31.7 Å². The molecule has 0 unspecified atom stereocenters. The summed E-state index contributed by atoms with van der Waals surface area (Å²) in [4.78, 5) is 14.8. The number of hydrogen-bond donors (Lipinski definition) is 1. The van der Waals surface area contributed by atoms with Crippen molar-refractivity contribution in [2.24, 2.45) is 0 Å². The van der Waals surface area contributed by atoms with E-state index in [9.17, 15) is 18.5 Å². The summed E-state index contributed by atoms with van der Waals surface area (Å²) in [5, 5.41) is 12.2. The number of benzene rings is 3. The van der Waals surface area contributed by atoms with Crippen LogP contribution in [0.3, 0.4) is 0 Å². The molecule has 0 bridgehead atoms. The summed E-state index contributed by atoms with van der Waals surface area (Å²) in [5.74, 6) is -0.354. The lowest BCUT2D eigenvalue weighted by Gasteiger charge is -2.19. The van der Waals surface area contributed by atoms with Crippen molar-refractivity contribution >= 4 is 33.4 Å². The van der Waals surface area contributed by atoms with E-state index in [1.54, 1.807) is 50.2 Å². The second-order valence-corrected chi connectivity index (χ2v) is 10.2. The zero-order chi connectivity index (χ0) is 24.0. The van der Waals surface area contributed by atoms with E-state index < -0.39 is 10.0 Å². The maximum atomic E-state index is 13.2. The first kappa shape index (κ1) is 24.5. The number of anilines is 1. The van der Waals surface area contributed by atoms with Gasteiger partial charge >= 0.3 is 0 Å². The number of amides is 1. The van der Waals surface area contributed by atoms with Crippen LogP contribution in [0.15, 0.2) is 81.4 Å². The highest BCUT2D eigenvalue weighted by Crippen LogP contribution is 2.33. The molecule has 3 rings (SSSR count). The van der Waals surface area contributed by atoms with Gasteiger partial charge in [-0.25, -0.2) is 8.42 Å². The summed E-state index contributed by atoms with van der Waals surface area (Å²) in [5.41, 5.74) is 2.15. The van der Waals surface area contributed by atoms with Gasteiger partial charge in [0.25, 0.3) is 5.91 Å². The number of rotatable bonds is 8. The fourth-order valence-electron chi connectivity index (χ4n) is 3.31. The fourth-order valence-corrected chi connectivity index (χ4v) is 5.82. The summed E-state index contributed by atoms with van der Waals surface area (Å²) in [6, 6.07) is 21.3. The maximum absolute atomic E-state index is 13.2. The number of carbonyl (C=O) groups is 1. The van der Waals surface area contributed by atoms with Crippen LogP contribution < -0.4 is 5.32 Å². The molecule has 6 nitrogen and oxygen atoms in total. The summed E-state index contributed by atoms with van der Waals surface area (Å²) >= 11 is 1.34. The Labute approximate surface area is 199 Å². The minimum atomic E-state index is -3.65. The zero-order valence-electron chi connectivity index (χ0n) is 18.7. The van der Waals surface area contributed by atoms with Gasteiger partial charge in [0.15, 0.2) is 0 Å². The average Bonchev–Trinajstić information content (AvgIpc) is 2.81. The Morgan fingerprint density at radius 1 is 1.00 bits per heavy atom. The third-order valence-corrected chi connectivity index (χ3v) is 8.36. The number of sulfonamides is 1. The van der Waals surface area contributed by atoms with E-state index in [-0.39, 0.29) is 10.8 Å². The van der Waals surface area contributed by atoms with Gasteiger partial charge in [0.2, 0.25) is 10.0 Å². The normalized spacial score (nSPS) is 11.2. The zero-order valence-corrected chi connectivity index (χ0v) is 20.3. The second kappa shape index (κ2) is 10.7. The number of nitrogens with zero attached hydrogens (tertiary/aromatic N) is 2. The molecular formula is C25H25N3O3S2. The number of aryl methyl sites for hydroxylation is 1. The van der Waals surface area contributed by atoms with E-state index in [0.717, 1.165) is 10.5 Å². The van der Waals surface area contributed by atoms with Crippen molar-refractivity contribution in [2.45, 2.75) is 35.5 Å². The third kappa shape index (κ3) is 5.45. The van der Waals surface area contributed by atoms with Crippen LogP contribution in [0.2, 0.25) is 0 Å². The van der Waals surface area contributed by atoms with E-state index >= 15 is 0 Å². The van der Waals surface area contributed by atoms with Crippen molar-refractivity contribution in [2.75, 3.05) is 18.4 Å². The second-order valence-electron chi connectivity index (χ2n) is 7.23. The minimum absolute atomic E-state index is 0.137. The number of carbonyl (C=O) groups excluding carboxylic acids is 1. The van der Waals surface area contributed by atoms with Gasteiger partial charge in [-0.05, 0) is 48.9 Å². The predicted molar refractivity (Wildman–Crippen MR) is 131 cm³/mol. The molecule has 0 spiro atoms. The van der Waals surface area contributed by atoms with Gasteiger partial charge in [0.05, 0.1) is 16.0 Å². The van der Waals surface area contributed by atoms with Crippen molar-refractivity contribution in [3.05, 3.63) is 83.4 Å². The molecule has 1 N–H and O–H groups in total. The van der Waals surface area contributed by atoms with E-state index in [0.29, 0.717) is 34.8 Å². The first-order valence-electron chi connectivity index (χ1n) is 10.5. The molecule has 1 amide bonds. The maximum Gasteiger partial charge on any atom is 0.256 e. The van der Waals surface area contributed by atoms with Crippen molar-refractivity contribution in [1.29, 1.82) is 5.26 Å². The highest BCUT2D eigenvalue weighted by molar-refractivity contribution is 7.99. The Balaban J connectivity index is 1.92. The Morgan fingerprint density at radius 3 is 2.30 bits per heavy atom. The first-order chi connectivity index (χ1) is 15.8. The molecule has 0 aromatic heterocycles. The predicted octanol–water partition coefficient (Wildman–Crippen LogP) is 5.30. The molecule has 0 aliphatic carbocycles. The van der Waals surface area contributed by atoms with Gasteiger partial charge in [-0.2, -0.15) is 9.57 Å². The van der Waals surface area contributed by atoms with Gasteiger partial charge in [-0.15, -0.1) is 0 Å². The Bertz CT molecular complexity index is 1310. The molecule has 0 heterocycles. The van der Waals surface area contributed by atoms with Gasteiger partial charge in [0.1, 0.15) is 6.07 Å². The lowest BCUT2D eigenvalue weighted by molar-refractivity contribution is 0.102. The molecule has 0 aliphatic heterocycles. The highest BCUT2D eigenvalue weighted by Gasteiger charge is 2.23. The van der Waals surface area contributed by atoms with Crippen molar-refractivity contribution in [3.63, 3.8) is 0 Å². The molecule has 0 saturated heterocycles. The van der Waals surface area contributed by atoms with Crippen LogP contribution in [0, 0.1) is 18.3 Å². The summed E-state index contributed by atoms with van der Waals surface area (Å²) in [6.07, 6.45) is 0. The molecular weight excluding hydrogens is 454 g/mol.